The number of hydrogen-bond acceptors (Lipinski definition) is 3. The Morgan fingerprint density at radius 1 is 1.32 bits per heavy atom. The summed E-state index contributed by atoms with van der Waals surface area (Å²) in [5, 5.41) is 9.21. The van der Waals surface area contributed by atoms with Gasteiger partial charge in [-0.2, -0.15) is 0 Å². The highest BCUT2D eigenvalue weighted by molar-refractivity contribution is 5.62. The summed E-state index contributed by atoms with van der Waals surface area (Å²) < 4.78 is 19.3. The lowest BCUT2D eigenvalue weighted by Crippen LogP contribution is -1.97. The number of aromatic nitrogens is 1. The van der Waals surface area contributed by atoms with Crippen LogP contribution in [-0.4, -0.2) is 22.8 Å². The van der Waals surface area contributed by atoms with Crippen LogP contribution in [0.5, 0.6) is 5.75 Å². The maximum Gasteiger partial charge on any atom is 0.165 e. The molecule has 1 heterocycles. The first-order valence-electron chi connectivity index (χ1n) is 8.44. The smallest absolute Gasteiger partial charge is 0.165 e. The van der Waals surface area contributed by atoms with Crippen LogP contribution in [0, 0.1) is 5.82 Å². The van der Waals surface area contributed by atoms with Crippen LogP contribution >= 0.6 is 0 Å². The van der Waals surface area contributed by atoms with Crippen molar-refractivity contribution in [2.24, 2.45) is 0 Å². The van der Waals surface area contributed by atoms with Gasteiger partial charge in [-0.3, -0.25) is 4.98 Å². The normalized spacial score (nSPS) is 12.3. The molecule has 1 aromatic heterocycles. The first kappa shape index (κ1) is 18.9. The Morgan fingerprint density at radius 3 is 2.80 bits per heavy atom. The van der Waals surface area contributed by atoms with E-state index in [0.29, 0.717) is 11.3 Å². The van der Waals surface area contributed by atoms with Gasteiger partial charge in [0.15, 0.2) is 11.6 Å². The van der Waals surface area contributed by atoms with Gasteiger partial charge in [0.1, 0.15) is 6.61 Å². The number of allylic oxidation sites excluding steroid dienone is 1. The lowest BCUT2D eigenvalue weighted by molar-refractivity contribution is 0.182. The maximum atomic E-state index is 14.0. The van der Waals surface area contributed by atoms with Crippen molar-refractivity contribution < 1.29 is 14.2 Å². The molecule has 4 heteroatoms. The molecule has 0 fully saturated rings. The number of pyridine rings is 1. The van der Waals surface area contributed by atoms with Crippen molar-refractivity contribution in [3.8, 4) is 17.0 Å². The summed E-state index contributed by atoms with van der Waals surface area (Å²) >= 11 is 0. The third-order valence-corrected chi connectivity index (χ3v) is 3.67. The molecule has 0 radical (unpaired) electrons. The summed E-state index contributed by atoms with van der Waals surface area (Å²) in [6, 6.07) is 8.63. The molecule has 0 aliphatic carbocycles. The maximum absolute atomic E-state index is 14.0. The van der Waals surface area contributed by atoms with Crippen LogP contribution < -0.4 is 4.74 Å². The summed E-state index contributed by atoms with van der Waals surface area (Å²) in [5.41, 5.74) is 2.41. The molecule has 1 unspecified atom stereocenters. The van der Waals surface area contributed by atoms with Gasteiger partial charge in [-0.1, -0.05) is 30.9 Å². The molecule has 1 atom stereocenters. The number of aliphatic hydroxyl groups excluding tert-OH is 1. The molecule has 1 N–H and O–H groups in total. The number of ether oxygens (including phenoxy) is 1. The minimum absolute atomic E-state index is 0.209. The molecule has 3 nitrogen and oxygen atoms in total. The SMILES string of the molecule is C=CCOc1ccc(-c2ccc(/C=C/CCCC(C)O)cn2)cc1F. The number of halogens is 1. The first-order valence-corrected chi connectivity index (χ1v) is 8.44. The number of rotatable bonds is 9. The van der Waals surface area contributed by atoms with Crippen molar-refractivity contribution in [3.05, 3.63) is 66.6 Å². The second-order valence-corrected chi connectivity index (χ2v) is 5.90. The average molecular weight is 341 g/mol. The highest BCUT2D eigenvalue weighted by Gasteiger charge is 2.06. The van der Waals surface area contributed by atoms with Gasteiger partial charge in [0.2, 0.25) is 0 Å². The second-order valence-electron chi connectivity index (χ2n) is 5.90. The Hall–Kier alpha value is -2.46. The number of benzene rings is 1. The van der Waals surface area contributed by atoms with Crippen molar-refractivity contribution >= 4 is 6.08 Å². The lowest BCUT2D eigenvalue weighted by atomic mass is 10.1. The summed E-state index contributed by atoms with van der Waals surface area (Å²) in [6.07, 6.45) is 9.86. The summed E-state index contributed by atoms with van der Waals surface area (Å²) in [7, 11) is 0. The van der Waals surface area contributed by atoms with Crippen molar-refractivity contribution in [2.75, 3.05) is 6.61 Å². The van der Waals surface area contributed by atoms with Crippen LogP contribution in [0.4, 0.5) is 4.39 Å². The zero-order valence-electron chi connectivity index (χ0n) is 14.5. The van der Waals surface area contributed by atoms with E-state index in [4.69, 9.17) is 4.74 Å². The summed E-state index contributed by atoms with van der Waals surface area (Å²) in [4.78, 5) is 4.39. The fourth-order valence-electron chi connectivity index (χ4n) is 2.35. The van der Waals surface area contributed by atoms with Gasteiger partial charge in [-0.25, -0.2) is 4.39 Å². The van der Waals surface area contributed by atoms with Crippen molar-refractivity contribution in [1.82, 2.24) is 4.98 Å². The average Bonchev–Trinajstić information content (AvgIpc) is 2.60. The Kier molecular flexibility index (Phi) is 7.36. The van der Waals surface area contributed by atoms with Crippen LogP contribution in [-0.2, 0) is 0 Å². The monoisotopic (exact) mass is 341 g/mol. The molecule has 0 saturated carbocycles. The Labute approximate surface area is 148 Å². The Morgan fingerprint density at radius 2 is 2.16 bits per heavy atom. The number of nitrogens with zero attached hydrogens (tertiary/aromatic N) is 1. The molecular formula is C21H24FNO2. The van der Waals surface area contributed by atoms with Gasteiger partial charge in [0.05, 0.1) is 11.8 Å². The molecule has 0 amide bonds. The van der Waals surface area contributed by atoms with Crippen LogP contribution in [0.1, 0.15) is 31.7 Å². The Balaban J connectivity index is 1.98. The predicted octanol–water partition coefficient (Wildman–Crippen LogP) is 5.02. The molecule has 25 heavy (non-hydrogen) atoms. The van der Waals surface area contributed by atoms with E-state index in [0.717, 1.165) is 24.8 Å². The molecule has 0 bridgehead atoms. The van der Waals surface area contributed by atoms with E-state index in [-0.39, 0.29) is 18.5 Å². The Bertz CT molecular complexity index is 708. The van der Waals surface area contributed by atoms with E-state index in [9.17, 15) is 9.50 Å². The van der Waals surface area contributed by atoms with Crippen molar-refractivity contribution in [1.29, 1.82) is 0 Å². The van der Waals surface area contributed by atoms with Crippen molar-refractivity contribution in [3.63, 3.8) is 0 Å². The van der Waals surface area contributed by atoms with E-state index < -0.39 is 5.82 Å². The minimum Gasteiger partial charge on any atom is -0.486 e. The van der Waals surface area contributed by atoms with Crippen LogP contribution in [0.15, 0.2) is 55.3 Å². The fraction of sp³-hybridized carbons (Fsp3) is 0.286. The van der Waals surface area contributed by atoms with Gasteiger partial charge < -0.3 is 9.84 Å². The molecule has 2 aromatic rings. The third kappa shape index (κ3) is 6.16. The molecule has 0 saturated heterocycles. The second kappa shape index (κ2) is 9.74. The number of hydrogen-bond donors (Lipinski definition) is 1. The molecule has 2 rings (SSSR count). The fourth-order valence-corrected chi connectivity index (χ4v) is 2.35. The van der Waals surface area contributed by atoms with E-state index in [2.05, 4.69) is 17.6 Å². The van der Waals surface area contributed by atoms with Crippen LogP contribution in [0.25, 0.3) is 17.3 Å². The molecule has 0 aliphatic heterocycles. The summed E-state index contributed by atoms with van der Waals surface area (Å²) in [5.74, 6) is -0.205. The first-order chi connectivity index (χ1) is 12.1. The molecule has 1 aromatic carbocycles. The standard InChI is InChI=1S/C21H24FNO2/c1-3-13-25-21-12-10-18(14-19(21)22)20-11-9-17(15-23-20)8-6-4-5-7-16(2)24/h3,6,8-12,14-16,24H,1,4-5,7,13H2,2H3/b8-6+. The van der Waals surface area contributed by atoms with Gasteiger partial charge in [0, 0.05) is 11.8 Å². The van der Waals surface area contributed by atoms with Crippen molar-refractivity contribution in [2.45, 2.75) is 32.3 Å². The zero-order chi connectivity index (χ0) is 18.1. The topological polar surface area (TPSA) is 42.4 Å². The highest BCUT2D eigenvalue weighted by Crippen LogP contribution is 2.24. The molecule has 0 aliphatic rings. The van der Waals surface area contributed by atoms with E-state index in [1.807, 2.05) is 18.2 Å². The van der Waals surface area contributed by atoms with E-state index >= 15 is 0 Å². The van der Waals surface area contributed by atoms with Crippen LogP contribution in [0.3, 0.4) is 0 Å². The van der Waals surface area contributed by atoms with E-state index in [1.165, 1.54) is 6.07 Å². The van der Waals surface area contributed by atoms with Gasteiger partial charge >= 0.3 is 0 Å². The third-order valence-electron chi connectivity index (χ3n) is 3.67. The predicted molar refractivity (Wildman–Crippen MR) is 99.9 cm³/mol. The number of unbranched alkanes of at least 4 members (excludes halogenated alkanes) is 1. The molecule has 0 spiro atoms. The van der Waals surface area contributed by atoms with Crippen LogP contribution in [0.2, 0.25) is 0 Å². The minimum atomic E-state index is -0.414. The zero-order valence-corrected chi connectivity index (χ0v) is 14.5. The van der Waals surface area contributed by atoms with Gasteiger partial charge in [-0.15, -0.1) is 0 Å². The highest BCUT2D eigenvalue weighted by atomic mass is 19.1. The quantitative estimate of drug-likeness (QED) is 0.514. The molecular weight excluding hydrogens is 317 g/mol. The lowest BCUT2D eigenvalue weighted by Gasteiger charge is -2.07. The van der Waals surface area contributed by atoms with Gasteiger partial charge in [0.25, 0.3) is 0 Å². The largest absolute Gasteiger partial charge is 0.486 e. The molecule has 132 valence electrons. The summed E-state index contributed by atoms with van der Waals surface area (Å²) in [6.45, 7) is 5.61. The van der Waals surface area contributed by atoms with E-state index in [1.54, 1.807) is 31.3 Å². The van der Waals surface area contributed by atoms with Gasteiger partial charge in [-0.05, 0) is 56.0 Å². The number of aliphatic hydroxyl groups is 1.